The Morgan fingerprint density at radius 1 is 1.00 bits per heavy atom. The van der Waals surface area contributed by atoms with Crippen molar-refractivity contribution in [1.82, 2.24) is 4.90 Å². The van der Waals surface area contributed by atoms with E-state index in [0.29, 0.717) is 5.54 Å². The molecule has 2 rings (SSSR count). The molecule has 1 heterocycles. The summed E-state index contributed by atoms with van der Waals surface area (Å²) < 4.78 is 0. The van der Waals surface area contributed by atoms with Gasteiger partial charge in [-0.05, 0) is 46.1 Å². The molecule has 0 bridgehead atoms. The van der Waals surface area contributed by atoms with Crippen LogP contribution in [-0.2, 0) is 0 Å². The molecule has 0 aromatic heterocycles. The Hall–Kier alpha value is -0.0800. The molecule has 1 N–H and O–H groups in total. The Morgan fingerprint density at radius 2 is 1.67 bits per heavy atom. The molecule has 1 aliphatic heterocycles. The smallest absolute Gasteiger partial charge is 0.0774 e. The quantitative estimate of drug-likeness (QED) is 0.759. The molecular weight excluding hydrogens is 186 g/mol. The van der Waals surface area contributed by atoms with Crippen LogP contribution >= 0.6 is 0 Å². The number of hydrogen-bond acceptors (Lipinski definition) is 2. The predicted molar refractivity (Wildman–Crippen MR) is 62.9 cm³/mol. The first-order chi connectivity index (χ1) is 7.02. The summed E-state index contributed by atoms with van der Waals surface area (Å²) >= 11 is 0. The van der Waals surface area contributed by atoms with Gasteiger partial charge in [0, 0.05) is 12.1 Å². The molecule has 0 radical (unpaired) electrons. The number of nitrogens with zero attached hydrogens (tertiary/aromatic N) is 1. The van der Waals surface area contributed by atoms with Crippen molar-refractivity contribution < 1.29 is 5.11 Å². The van der Waals surface area contributed by atoms with Crippen LogP contribution in [0.5, 0.6) is 0 Å². The van der Waals surface area contributed by atoms with E-state index in [-0.39, 0.29) is 5.60 Å². The van der Waals surface area contributed by atoms with Crippen LogP contribution in [0.4, 0.5) is 0 Å². The van der Waals surface area contributed by atoms with E-state index in [1.54, 1.807) is 0 Å². The molecule has 88 valence electrons. The Balaban J connectivity index is 1.95. The largest absolute Gasteiger partial charge is 0.389 e. The first-order valence-corrected chi connectivity index (χ1v) is 6.49. The molecule has 2 heteroatoms. The van der Waals surface area contributed by atoms with Crippen molar-refractivity contribution in [2.45, 2.75) is 69.9 Å². The highest BCUT2D eigenvalue weighted by molar-refractivity contribution is 4.94. The summed E-state index contributed by atoms with van der Waals surface area (Å²) in [7, 11) is 0. The summed E-state index contributed by atoms with van der Waals surface area (Å²) in [6, 6.07) is 0. The molecule has 1 aliphatic carbocycles. The Kier molecular flexibility index (Phi) is 3.09. The molecule has 1 saturated heterocycles. The van der Waals surface area contributed by atoms with Crippen molar-refractivity contribution in [3.8, 4) is 0 Å². The number of β-amino-alcohol motifs (C(OH)–C–C–N with tert-alkyl or cyclic N) is 1. The Morgan fingerprint density at radius 3 is 2.20 bits per heavy atom. The minimum Gasteiger partial charge on any atom is -0.389 e. The van der Waals surface area contributed by atoms with E-state index in [1.165, 1.54) is 38.6 Å². The van der Waals surface area contributed by atoms with Crippen molar-refractivity contribution >= 4 is 0 Å². The number of likely N-dealkylation sites (tertiary alicyclic amines) is 1. The summed E-state index contributed by atoms with van der Waals surface area (Å²) in [5.74, 6) is 0. The first-order valence-electron chi connectivity index (χ1n) is 6.49. The van der Waals surface area contributed by atoms with Gasteiger partial charge in [-0.3, -0.25) is 4.90 Å². The van der Waals surface area contributed by atoms with Gasteiger partial charge in [0.05, 0.1) is 5.60 Å². The molecule has 0 unspecified atom stereocenters. The van der Waals surface area contributed by atoms with Crippen LogP contribution in [-0.4, -0.2) is 34.2 Å². The van der Waals surface area contributed by atoms with Crippen molar-refractivity contribution in [3.63, 3.8) is 0 Å². The molecule has 2 nitrogen and oxygen atoms in total. The van der Waals surface area contributed by atoms with E-state index in [4.69, 9.17) is 0 Å². The van der Waals surface area contributed by atoms with Crippen molar-refractivity contribution in [2.24, 2.45) is 0 Å². The summed E-state index contributed by atoms with van der Waals surface area (Å²) in [6.07, 6.45) is 8.34. The minimum atomic E-state index is -0.375. The molecule has 0 amide bonds. The third-order valence-corrected chi connectivity index (χ3v) is 4.34. The van der Waals surface area contributed by atoms with Crippen molar-refractivity contribution in [3.05, 3.63) is 0 Å². The second-order valence-electron chi connectivity index (χ2n) is 6.12. The van der Waals surface area contributed by atoms with Gasteiger partial charge < -0.3 is 5.11 Å². The molecule has 0 aromatic rings. The predicted octanol–water partition coefficient (Wildman–Crippen LogP) is 2.56. The van der Waals surface area contributed by atoms with Gasteiger partial charge >= 0.3 is 0 Å². The third kappa shape index (κ3) is 2.54. The van der Waals surface area contributed by atoms with Crippen LogP contribution in [0.2, 0.25) is 0 Å². The van der Waals surface area contributed by atoms with E-state index in [2.05, 4.69) is 18.7 Å². The Bertz CT molecular complexity index is 219. The maximum atomic E-state index is 10.5. The van der Waals surface area contributed by atoms with Crippen LogP contribution < -0.4 is 0 Å². The van der Waals surface area contributed by atoms with Gasteiger partial charge in [-0.1, -0.05) is 19.3 Å². The van der Waals surface area contributed by atoms with Gasteiger partial charge in [0.2, 0.25) is 0 Å². The van der Waals surface area contributed by atoms with Crippen LogP contribution in [0.25, 0.3) is 0 Å². The monoisotopic (exact) mass is 211 g/mol. The zero-order valence-corrected chi connectivity index (χ0v) is 10.3. The number of rotatable bonds is 2. The second kappa shape index (κ2) is 4.06. The fourth-order valence-corrected chi connectivity index (χ4v) is 3.18. The van der Waals surface area contributed by atoms with Crippen LogP contribution in [0.1, 0.15) is 58.8 Å². The van der Waals surface area contributed by atoms with Gasteiger partial charge in [0.25, 0.3) is 0 Å². The van der Waals surface area contributed by atoms with E-state index >= 15 is 0 Å². The van der Waals surface area contributed by atoms with Gasteiger partial charge in [0.1, 0.15) is 0 Å². The van der Waals surface area contributed by atoms with Crippen LogP contribution in [0.15, 0.2) is 0 Å². The number of hydrogen-bond donors (Lipinski definition) is 1. The molecule has 2 aliphatic rings. The van der Waals surface area contributed by atoms with Gasteiger partial charge in [0.15, 0.2) is 0 Å². The van der Waals surface area contributed by atoms with Gasteiger partial charge in [-0.2, -0.15) is 0 Å². The molecule has 0 spiro atoms. The molecule has 1 saturated carbocycles. The first kappa shape index (κ1) is 11.4. The van der Waals surface area contributed by atoms with Crippen LogP contribution in [0.3, 0.4) is 0 Å². The highest BCUT2D eigenvalue weighted by Crippen LogP contribution is 2.34. The average Bonchev–Trinajstić information content (AvgIpc) is 2.46. The van der Waals surface area contributed by atoms with Crippen LogP contribution in [0, 0.1) is 0 Å². The zero-order valence-electron chi connectivity index (χ0n) is 10.3. The molecular formula is C13H25NO. The molecule has 0 aromatic carbocycles. The van der Waals surface area contributed by atoms with Gasteiger partial charge in [-0.25, -0.2) is 0 Å². The maximum absolute atomic E-state index is 10.5. The van der Waals surface area contributed by atoms with Crippen molar-refractivity contribution in [1.29, 1.82) is 0 Å². The standard InChI is InChI=1S/C13H25NO/c1-12(2)7-6-10-14(12)11-13(15)8-4-3-5-9-13/h15H,3-11H2,1-2H3. The lowest BCUT2D eigenvalue weighted by Crippen LogP contribution is -2.49. The lowest BCUT2D eigenvalue weighted by molar-refractivity contribution is -0.0391. The summed E-state index contributed by atoms with van der Waals surface area (Å²) in [4.78, 5) is 2.50. The van der Waals surface area contributed by atoms with Crippen molar-refractivity contribution in [2.75, 3.05) is 13.1 Å². The SMILES string of the molecule is CC1(C)CCCN1CC1(O)CCCCC1. The van der Waals surface area contributed by atoms with E-state index < -0.39 is 0 Å². The van der Waals surface area contributed by atoms with Gasteiger partial charge in [-0.15, -0.1) is 0 Å². The molecule has 2 fully saturated rings. The molecule has 15 heavy (non-hydrogen) atoms. The lowest BCUT2D eigenvalue weighted by Gasteiger charge is -2.40. The lowest BCUT2D eigenvalue weighted by atomic mass is 9.84. The zero-order chi connectivity index (χ0) is 10.9. The minimum absolute atomic E-state index is 0.313. The summed E-state index contributed by atoms with van der Waals surface area (Å²) in [6.45, 7) is 6.70. The Labute approximate surface area is 93.7 Å². The highest BCUT2D eigenvalue weighted by Gasteiger charge is 2.38. The highest BCUT2D eigenvalue weighted by atomic mass is 16.3. The fourth-order valence-electron chi connectivity index (χ4n) is 3.18. The van der Waals surface area contributed by atoms with E-state index in [1.807, 2.05) is 0 Å². The number of aliphatic hydroxyl groups is 1. The normalized spacial score (nSPS) is 30.6. The summed E-state index contributed by atoms with van der Waals surface area (Å²) in [5.41, 5.74) is -0.0625. The average molecular weight is 211 g/mol. The third-order valence-electron chi connectivity index (χ3n) is 4.34. The second-order valence-corrected chi connectivity index (χ2v) is 6.12. The van der Waals surface area contributed by atoms with E-state index in [9.17, 15) is 5.11 Å². The molecule has 0 atom stereocenters. The fraction of sp³-hybridized carbons (Fsp3) is 1.00. The summed E-state index contributed by atoms with van der Waals surface area (Å²) in [5, 5.41) is 10.5. The van der Waals surface area contributed by atoms with E-state index in [0.717, 1.165) is 19.4 Å². The maximum Gasteiger partial charge on any atom is 0.0774 e. The topological polar surface area (TPSA) is 23.5 Å².